The summed E-state index contributed by atoms with van der Waals surface area (Å²) in [6.45, 7) is 0.148. The number of para-hydroxylation sites is 1. The third kappa shape index (κ3) is 3.44. The number of fused-ring (bicyclic) bond motifs is 1. The zero-order chi connectivity index (χ0) is 20.3. The molecule has 146 valence electrons. The smallest absolute Gasteiger partial charge is 0.251 e. The van der Waals surface area contributed by atoms with E-state index in [-0.39, 0.29) is 12.5 Å². The molecule has 0 saturated carbocycles. The van der Waals surface area contributed by atoms with E-state index in [0.29, 0.717) is 17.3 Å². The minimum absolute atomic E-state index is 0.148. The Morgan fingerprint density at radius 2 is 1.73 bits per heavy atom. The number of nitrogens with zero attached hydrogens (tertiary/aromatic N) is 4. The van der Waals surface area contributed by atoms with Crippen LogP contribution in [0, 0.1) is 0 Å². The van der Waals surface area contributed by atoms with Gasteiger partial charge in [-0.3, -0.25) is 9.36 Å². The number of carbonyl (C=O) groups excluding carboxylic acids is 1. The number of hydrogen-bond acceptors (Lipinski definition) is 5. The normalized spacial score (nSPS) is 10.9. The zero-order valence-electron chi connectivity index (χ0n) is 15.9. The minimum Gasteiger partial charge on any atom is -0.343 e. The third-order valence-electron chi connectivity index (χ3n) is 4.74. The van der Waals surface area contributed by atoms with Crippen molar-refractivity contribution >= 4 is 16.9 Å². The molecule has 0 spiro atoms. The van der Waals surface area contributed by atoms with E-state index >= 15 is 0 Å². The maximum absolute atomic E-state index is 12.6. The molecular weight excluding hydrogens is 378 g/mol. The second-order valence-electron chi connectivity index (χ2n) is 6.71. The molecule has 0 aliphatic heterocycles. The standard InChI is InChI=1S/C23H17N5O2/c29-23(24-14-21-26-22(27-30-21)16-7-3-1-4-8-16)17-11-12-20-19(13-17)25-15-28(20)18-9-5-2-6-10-18/h1-13,15H,14H2,(H,24,29). The van der Waals surface area contributed by atoms with Crippen molar-refractivity contribution in [2.45, 2.75) is 6.54 Å². The highest BCUT2D eigenvalue weighted by molar-refractivity contribution is 5.97. The van der Waals surface area contributed by atoms with Crippen LogP contribution in [0.15, 0.2) is 89.7 Å². The van der Waals surface area contributed by atoms with Gasteiger partial charge in [0.05, 0.1) is 17.6 Å². The fraction of sp³-hybridized carbons (Fsp3) is 0.0435. The molecule has 0 aliphatic carbocycles. The summed E-state index contributed by atoms with van der Waals surface area (Å²) in [5, 5.41) is 6.77. The van der Waals surface area contributed by atoms with E-state index in [2.05, 4.69) is 20.4 Å². The number of rotatable bonds is 5. The van der Waals surface area contributed by atoms with Gasteiger partial charge in [-0.05, 0) is 30.3 Å². The highest BCUT2D eigenvalue weighted by atomic mass is 16.5. The first-order valence-electron chi connectivity index (χ1n) is 9.47. The topological polar surface area (TPSA) is 85.8 Å². The second-order valence-corrected chi connectivity index (χ2v) is 6.71. The number of imidazole rings is 1. The van der Waals surface area contributed by atoms with Gasteiger partial charge in [0.1, 0.15) is 6.33 Å². The van der Waals surface area contributed by atoms with Gasteiger partial charge in [0, 0.05) is 16.8 Å². The van der Waals surface area contributed by atoms with Gasteiger partial charge in [0.15, 0.2) is 0 Å². The maximum Gasteiger partial charge on any atom is 0.251 e. The van der Waals surface area contributed by atoms with Crippen molar-refractivity contribution in [3.63, 3.8) is 0 Å². The van der Waals surface area contributed by atoms with Crippen LogP contribution < -0.4 is 5.32 Å². The van der Waals surface area contributed by atoms with E-state index in [0.717, 1.165) is 22.3 Å². The Morgan fingerprint density at radius 3 is 2.53 bits per heavy atom. The van der Waals surface area contributed by atoms with Crippen LogP contribution in [0.2, 0.25) is 0 Å². The summed E-state index contributed by atoms with van der Waals surface area (Å²) in [6.07, 6.45) is 1.76. The highest BCUT2D eigenvalue weighted by Gasteiger charge is 2.13. The predicted octanol–water partition coefficient (Wildman–Crippen LogP) is 4.01. The molecule has 0 saturated heterocycles. The number of aromatic nitrogens is 4. The molecule has 1 N–H and O–H groups in total. The predicted molar refractivity (Wildman–Crippen MR) is 112 cm³/mol. The SMILES string of the molecule is O=C(NCc1nc(-c2ccccc2)no1)c1ccc2c(c1)ncn2-c1ccccc1. The Labute approximate surface area is 172 Å². The molecule has 0 bridgehead atoms. The number of nitrogens with one attached hydrogen (secondary N) is 1. The number of hydrogen-bond donors (Lipinski definition) is 1. The Hall–Kier alpha value is -4.26. The molecule has 7 nitrogen and oxygen atoms in total. The second kappa shape index (κ2) is 7.63. The molecular formula is C23H17N5O2. The summed E-state index contributed by atoms with van der Waals surface area (Å²) in [4.78, 5) is 21.3. The minimum atomic E-state index is -0.231. The van der Waals surface area contributed by atoms with Crippen LogP contribution in [0.3, 0.4) is 0 Å². The van der Waals surface area contributed by atoms with Crippen molar-refractivity contribution in [3.05, 3.63) is 96.6 Å². The first kappa shape index (κ1) is 17.8. The van der Waals surface area contributed by atoms with Crippen LogP contribution in [0.25, 0.3) is 28.1 Å². The molecule has 30 heavy (non-hydrogen) atoms. The van der Waals surface area contributed by atoms with E-state index in [9.17, 15) is 4.79 Å². The molecule has 0 fully saturated rings. The maximum atomic E-state index is 12.6. The van der Waals surface area contributed by atoms with Gasteiger partial charge in [0.25, 0.3) is 5.91 Å². The van der Waals surface area contributed by atoms with Crippen LogP contribution in [0.1, 0.15) is 16.2 Å². The molecule has 0 atom stereocenters. The molecule has 1 amide bonds. The van der Waals surface area contributed by atoms with E-state index in [1.165, 1.54) is 0 Å². The summed E-state index contributed by atoms with van der Waals surface area (Å²) in [5.74, 6) is 0.606. The van der Waals surface area contributed by atoms with Crippen LogP contribution in [0.5, 0.6) is 0 Å². The molecule has 5 aromatic rings. The average Bonchev–Trinajstić information content (AvgIpc) is 3.45. The lowest BCUT2D eigenvalue weighted by atomic mass is 10.2. The Kier molecular flexibility index (Phi) is 4.53. The molecule has 0 unspecified atom stereocenters. The lowest BCUT2D eigenvalue weighted by Crippen LogP contribution is -2.22. The molecule has 7 heteroatoms. The quantitative estimate of drug-likeness (QED) is 0.486. The molecule has 2 heterocycles. The van der Waals surface area contributed by atoms with E-state index < -0.39 is 0 Å². The van der Waals surface area contributed by atoms with Gasteiger partial charge in [-0.15, -0.1) is 0 Å². The van der Waals surface area contributed by atoms with Gasteiger partial charge in [-0.25, -0.2) is 4.98 Å². The van der Waals surface area contributed by atoms with Crippen molar-refractivity contribution in [2.75, 3.05) is 0 Å². The van der Waals surface area contributed by atoms with Crippen LogP contribution in [-0.4, -0.2) is 25.6 Å². The Balaban J connectivity index is 1.30. The van der Waals surface area contributed by atoms with Crippen molar-refractivity contribution in [1.29, 1.82) is 0 Å². The fourth-order valence-electron chi connectivity index (χ4n) is 3.24. The lowest BCUT2D eigenvalue weighted by Gasteiger charge is -2.05. The van der Waals surface area contributed by atoms with Crippen molar-refractivity contribution in [2.24, 2.45) is 0 Å². The molecule has 0 aliphatic rings. The largest absolute Gasteiger partial charge is 0.343 e. The van der Waals surface area contributed by atoms with Crippen molar-refractivity contribution in [1.82, 2.24) is 25.0 Å². The number of benzene rings is 3. The van der Waals surface area contributed by atoms with Crippen molar-refractivity contribution in [3.8, 4) is 17.1 Å². The van der Waals surface area contributed by atoms with E-state index in [1.807, 2.05) is 71.3 Å². The molecule has 2 aromatic heterocycles. The summed E-state index contributed by atoms with van der Waals surface area (Å²) in [5.41, 5.74) is 4.07. The van der Waals surface area contributed by atoms with Gasteiger partial charge >= 0.3 is 0 Å². The average molecular weight is 395 g/mol. The van der Waals surface area contributed by atoms with Gasteiger partial charge in [-0.1, -0.05) is 53.7 Å². The monoisotopic (exact) mass is 395 g/mol. The zero-order valence-corrected chi connectivity index (χ0v) is 15.9. The Morgan fingerprint density at radius 1 is 0.967 bits per heavy atom. The number of amides is 1. The van der Waals surface area contributed by atoms with Gasteiger partial charge in [-0.2, -0.15) is 4.98 Å². The Bertz CT molecular complexity index is 1310. The summed E-state index contributed by atoms with van der Waals surface area (Å²) in [6, 6.07) is 24.9. The highest BCUT2D eigenvalue weighted by Crippen LogP contribution is 2.19. The first-order chi connectivity index (χ1) is 14.8. The van der Waals surface area contributed by atoms with Crippen molar-refractivity contribution < 1.29 is 9.32 Å². The fourth-order valence-corrected chi connectivity index (χ4v) is 3.24. The summed E-state index contributed by atoms with van der Waals surface area (Å²) >= 11 is 0. The summed E-state index contributed by atoms with van der Waals surface area (Å²) < 4.78 is 7.22. The molecule has 3 aromatic carbocycles. The van der Waals surface area contributed by atoms with Crippen LogP contribution >= 0.6 is 0 Å². The van der Waals surface area contributed by atoms with E-state index in [4.69, 9.17) is 4.52 Å². The van der Waals surface area contributed by atoms with Crippen LogP contribution in [-0.2, 0) is 6.54 Å². The first-order valence-corrected chi connectivity index (χ1v) is 9.47. The van der Waals surface area contributed by atoms with Crippen LogP contribution in [0.4, 0.5) is 0 Å². The van der Waals surface area contributed by atoms with Gasteiger partial charge < -0.3 is 9.84 Å². The summed E-state index contributed by atoms with van der Waals surface area (Å²) in [7, 11) is 0. The molecule has 5 rings (SSSR count). The molecule has 0 radical (unpaired) electrons. The van der Waals surface area contributed by atoms with E-state index in [1.54, 1.807) is 18.5 Å². The number of carbonyl (C=O) groups is 1. The third-order valence-corrected chi connectivity index (χ3v) is 4.74. The lowest BCUT2D eigenvalue weighted by molar-refractivity contribution is 0.0946. The van der Waals surface area contributed by atoms with Gasteiger partial charge in [0.2, 0.25) is 11.7 Å².